The topological polar surface area (TPSA) is 111 Å². The molecule has 37 heavy (non-hydrogen) atoms. The zero-order chi connectivity index (χ0) is 26.8. The molecule has 0 aliphatic heterocycles. The predicted molar refractivity (Wildman–Crippen MR) is 140 cm³/mol. The van der Waals surface area contributed by atoms with E-state index in [9.17, 15) is 19.7 Å². The van der Waals surface area contributed by atoms with E-state index in [4.69, 9.17) is 21.1 Å². The van der Waals surface area contributed by atoms with Crippen LogP contribution in [0.1, 0.15) is 18.1 Å². The number of amides is 2. The van der Waals surface area contributed by atoms with Gasteiger partial charge in [0.25, 0.3) is 5.91 Å². The summed E-state index contributed by atoms with van der Waals surface area (Å²) < 4.78 is 10.7. The lowest BCUT2D eigenvalue weighted by Crippen LogP contribution is -2.51. The van der Waals surface area contributed by atoms with Crippen molar-refractivity contribution in [3.63, 3.8) is 0 Å². The first-order valence-corrected chi connectivity index (χ1v) is 12.0. The minimum atomic E-state index is -0.805. The summed E-state index contributed by atoms with van der Waals surface area (Å²) in [5, 5.41) is 14.5. The van der Waals surface area contributed by atoms with Crippen LogP contribution in [0.2, 0.25) is 5.02 Å². The van der Waals surface area contributed by atoms with Gasteiger partial charge in [-0.3, -0.25) is 19.7 Å². The van der Waals surface area contributed by atoms with Crippen LogP contribution < -0.4 is 14.8 Å². The molecule has 1 atom stereocenters. The summed E-state index contributed by atoms with van der Waals surface area (Å²) in [5.74, 6) is -0.484. The van der Waals surface area contributed by atoms with Crippen molar-refractivity contribution in [2.45, 2.75) is 25.9 Å². The maximum absolute atomic E-state index is 13.5. The zero-order valence-electron chi connectivity index (χ0n) is 20.6. The van der Waals surface area contributed by atoms with Gasteiger partial charge in [0.2, 0.25) is 11.7 Å². The SMILES string of the molecule is CCNC(=O)[C@H](Cc1ccccc1)N(Cc1ccc(Cl)cc1)C(=O)COc1ccc([N+](=O)[O-])c(OC)c1. The van der Waals surface area contributed by atoms with E-state index in [1.165, 1.54) is 30.2 Å². The molecule has 3 aromatic carbocycles. The number of nitrogens with zero attached hydrogens (tertiary/aromatic N) is 2. The Morgan fingerprint density at radius 3 is 2.38 bits per heavy atom. The van der Waals surface area contributed by atoms with Crippen LogP contribution in [0.15, 0.2) is 72.8 Å². The highest BCUT2D eigenvalue weighted by Crippen LogP contribution is 2.30. The molecular formula is C27H28ClN3O6. The van der Waals surface area contributed by atoms with Crippen molar-refractivity contribution in [2.75, 3.05) is 20.3 Å². The fourth-order valence-electron chi connectivity index (χ4n) is 3.76. The Morgan fingerprint density at radius 1 is 1.05 bits per heavy atom. The van der Waals surface area contributed by atoms with Crippen LogP contribution in [0.4, 0.5) is 5.69 Å². The van der Waals surface area contributed by atoms with Crippen molar-refractivity contribution in [1.82, 2.24) is 10.2 Å². The second kappa shape index (κ2) is 13.3. The van der Waals surface area contributed by atoms with Gasteiger partial charge in [-0.15, -0.1) is 0 Å². The summed E-state index contributed by atoms with van der Waals surface area (Å²) >= 11 is 6.03. The van der Waals surface area contributed by atoms with E-state index in [2.05, 4.69) is 5.32 Å². The van der Waals surface area contributed by atoms with Crippen molar-refractivity contribution in [1.29, 1.82) is 0 Å². The Balaban J connectivity index is 1.88. The molecule has 0 aliphatic carbocycles. The van der Waals surface area contributed by atoms with E-state index in [1.54, 1.807) is 24.3 Å². The third kappa shape index (κ3) is 7.68. The Labute approximate surface area is 220 Å². The Kier molecular flexibility index (Phi) is 9.85. The van der Waals surface area contributed by atoms with Gasteiger partial charge in [-0.25, -0.2) is 0 Å². The molecular weight excluding hydrogens is 498 g/mol. The van der Waals surface area contributed by atoms with Gasteiger partial charge < -0.3 is 19.7 Å². The molecule has 10 heteroatoms. The molecule has 0 saturated heterocycles. The Hall–Kier alpha value is -4.11. The smallest absolute Gasteiger partial charge is 0.311 e. The molecule has 0 heterocycles. The van der Waals surface area contributed by atoms with E-state index in [-0.39, 0.29) is 36.2 Å². The van der Waals surface area contributed by atoms with Gasteiger partial charge in [-0.2, -0.15) is 0 Å². The predicted octanol–water partition coefficient (Wildman–Crippen LogP) is 4.41. The molecule has 0 saturated carbocycles. The van der Waals surface area contributed by atoms with E-state index in [0.29, 0.717) is 18.0 Å². The fourth-order valence-corrected chi connectivity index (χ4v) is 3.89. The lowest BCUT2D eigenvalue weighted by molar-refractivity contribution is -0.385. The molecule has 9 nitrogen and oxygen atoms in total. The number of nitro groups is 1. The molecule has 0 bridgehead atoms. The molecule has 3 aromatic rings. The van der Waals surface area contributed by atoms with Crippen LogP contribution in [0.25, 0.3) is 0 Å². The first kappa shape index (κ1) is 27.5. The minimum absolute atomic E-state index is 0.0113. The summed E-state index contributed by atoms with van der Waals surface area (Å²) in [6.45, 7) is 1.98. The fraction of sp³-hybridized carbons (Fsp3) is 0.259. The number of carbonyl (C=O) groups excluding carboxylic acids is 2. The number of carbonyl (C=O) groups is 2. The number of likely N-dealkylation sites (N-methyl/N-ethyl adjacent to an activating group) is 1. The number of rotatable bonds is 12. The number of hydrogen-bond donors (Lipinski definition) is 1. The van der Waals surface area contributed by atoms with Crippen LogP contribution in [-0.4, -0.2) is 47.9 Å². The molecule has 0 radical (unpaired) electrons. The van der Waals surface area contributed by atoms with E-state index < -0.39 is 16.9 Å². The minimum Gasteiger partial charge on any atom is -0.490 e. The second-order valence-corrected chi connectivity index (χ2v) is 8.56. The quantitative estimate of drug-likeness (QED) is 0.277. The van der Waals surface area contributed by atoms with Crippen LogP contribution in [-0.2, 0) is 22.6 Å². The molecule has 1 N–H and O–H groups in total. The third-order valence-corrected chi connectivity index (χ3v) is 5.85. The number of methoxy groups -OCH3 is 1. The average Bonchev–Trinajstić information content (AvgIpc) is 2.90. The third-order valence-electron chi connectivity index (χ3n) is 5.60. The van der Waals surface area contributed by atoms with Crippen molar-refractivity contribution in [2.24, 2.45) is 0 Å². The number of hydrogen-bond acceptors (Lipinski definition) is 6. The molecule has 2 amide bonds. The second-order valence-electron chi connectivity index (χ2n) is 8.13. The van der Waals surface area contributed by atoms with Crippen LogP contribution >= 0.6 is 11.6 Å². The molecule has 0 spiro atoms. The maximum Gasteiger partial charge on any atom is 0.311 e. The molecule has 0 aromatic heterocycles. The van der Waals surface area contributed by atoms with Gasteiger partial charge in [0.1, 0.15) is 11.8 Å². The van der Waals surface area contributed by atoms with Gasteiger partial charge in [0.15, 0.2) is 6.61 Å². The van der Waals surface area contributed by atoms with Crippen molar-refractivity contribution >= 4 is 29.1 Å². The lowest BCUT2D eigenvalue weighted by atomic mass is 10.0. The summed E-state index contributed by atoms with van der Waals surface area (Å²) in [5.41, 5.74) is 1.47. The summed E-state index contributed by atoms with van der Waals surface area (Å²) in [4.78, 5) is 38.7. The van der Waals surface area contributed by atoms with E-state index in [0.717, 1.165) is 11.1 Å². The highest BCUT2D eigenvalue weighted by atomic mass is 35.5. The van der Waals surface area contributed by atoms with Gasteiger partial charge in [0.05, 0.1) is 12.0 Å². The van der Waals surface area contributed by atoms with Gasteiger partial charge in [-0.05, 0) is 36.2 Å². The summed E-state index contributed by atoms with van der Waals surface area (Å²) in [7, 11) is 1.31. The summed E-state index contributed by atoms with van der Waals surface area (Å²) in [6, 6.07) is 19.6. The van der Waals surface area contributed by atoms with Crippen molar-refractivity contribution < 1.29 is 24.0 Å². The molecule has 3 rings (SSSR count). The Morgan fingerprint density at radius 2 is 1.76 bits per heavy atom. The first-order chi connectivity index (χ1) is 17.8. The zero-order valence-corrected chi connectivity index (χ0v) is 21.3. The van der Waals surface area contributed by atoms with Crippen molar-refractivity contribution in [3.8, 4) is 11.5 Å². The molecule has 194 valence electrons. The van der Waals surface area contributed by atoms with Crippen LogP contribution in [0, 0.1) is 10.1 Å². The highest BCUT2D eigenvalue weighted by Gasteiger charge is 2.30. The number of ether oxygens (including phenoxy) is 2. The molecule has 0 aliphatic rings. The lowest BCUT2D eigenvalue weighted by Gasteiger charge is -2.31. The first-order valence-electron chi connectivity index (χ1n) is 11.6. The average molecular weight is 526 g/mol. The highest BCUT2D eigenvalue weighted by molar-refractivity contribution is 6.30. The van der Waals surface area contributed by atoms with Crippen LogP contribution in [0.3, 0.4) is 0 Å². The number of nitro benzene ring substituents is 1. The van der Waals surface area contributed by atoms with Crippen LogP contribution in [0.5, 0.6) is 11.5 Å². The molecule has 0 unspecified atom stereocenters. The number of halogens is 1. The number of nitrogens with one attached hydrogen (secondary N) is 1. The van der Waals surface area contributed by atoms with Gasteiger partial charge >= 0.3 is 5.69 Å². The number of benzene rings is 3. The largest absolute Gasteiger partial charge is 0.490 e. The molecule has 0 fully saturated rings. The Bertz CT molecular complexity index is 1220. The van der Waals surface area contributed by atoms with Gasteiger partial charge in [0, 0.05) is 36.7 Å². The standard InChI is InChI=1S/C27H28ClN3O6/c1-3-29-27(33)24(15-19-7-5-4-6-8-19)30(17-20-9-11-21(28)12-10-20)26(32)18-37-22-13-14-23(31(34)35)25(16-22)36-2/h4-14,16,24H,3,15,17-18H2,1-2H3,(H,29,33)/t24-/m0/s1. The van der Waals surface area contributed by atoms with Gasteiger partial charge in [-0.1, -0.05) is 54.1 Å². The van der Waals surface area contributed by atoms with Crippen molar-refractivity contribution in [3.05, 3.63) is 99.1 Å². The van der Waals surface area contributed by atoms with E-state index in [1.807, 2.05) is 37.3 Å². The normalized spacial score (nSPS) is 11.3. The van der Waals surface area contributed by atoms with E-state index >= 15 is 0 Å². The summed E-state index contributed by atoms with van der Waals surface area (Å²) in [6.07, 6.45) is 0.303. The maximum atomic E-state index is 13.5. The monoisotopic (exact) mass is 525 g/mol.